The summed E-state index contributed by atoms with van der Waals surface area (Å²) in [5, 5.41) is 3.85. The summed E-state index contributed by atoms with van der Waals surface area (Å²) >= 11 is 7.53. The molecule has 1 aliphatic heterocycles. The largest absolute Gasteiger partial charge is 0.353 e. The minimum atomic E-state index is 0.00953. The molecule has 158 valence electrons. The van der Waals surface area contributed by atoms with Gasteiger partial charge in [0.25, 0.3) is 0 Å². The number of anilines is 1. The van der Waals surface area contributed by atoms with Crippen LogP contribution < -0.4 is 10.2 Å². The van der Waals surface area contributed by atoms with Gasteiger partial charge in [0, 0.05) is 43.7 Å². The van der Waals surface area contributed by atoms with E-state index >= 15 is 0 Å². The van der Waals surface area contributed by atoms with E-state index in [1.54, 1.807) is 6.07 Å². The van der Waals surface area contributed by atoms with Crippen LogP contribution in [0.3, 0.4) is 0 Å². The Labute approximate surface area is 181 Å². The number of piperazine rings is 1. The first kappa shape index (κ1) is 20.7. The third kappa shape index (κ3) is 5.34. The van der Waals surface area contributed by atoms with Gasteiger partial charge >= 0.3 is 0 Å². The van der Waals surface area contributed by atoms with Gasteiger partial charge in [0.05, 0.1) is 5.75 Å². The van der Waals surface area contributed by atoms with Crippen molar-refractivity contribution in [2.24, 2.45) is 5.92 Å². The molecule has 0 aromatic carbocycles. The summed E-state index contributed by atoms with van der Waals surface area (Å²) in [6.45, 7) is 4.24. The van der Waals surface area contributed by atoms with E-state index < -0.39 is 0 Å². The normalized spacial score (nSPS) is 22.8. The Morgan fingerprint density at radius 3 is 2.66 bits per heavy atom. The van der Waals surface area contributed by atoms with Crippen LogP contribution in [0.5, 0.6) is 0 Å². The van der Waals surface area contributed by atoms with Crippen molar-refractivity contribution in [3.8, 4) is 0 Å². The Hall–Kier alpha value is -1.54. The highest BCUT2D eigenvalue weighted by molar-refractivity contribution is 7.99. The predicted molar refractivity (Wildman–Crippen MR) is 114 cm³/mol. The van der Waals surface area contributed by atoms with Gasteiger partial charge in [-0.05, 0) is 32.6 Å². The Kier molecular flexibility index (Phi) is 6.49. The molecule has 1 aromatic rings. The maximum atomic E-state index is 12.8. The molecule has 29 heavy (non-hydrogen) atoms. The topological polar surface area (TPSA) is 78.4 Å². The molecule has 1 unspecified atom stereocenters. The molecule has 3 fully saturated rings. The number of aromatic nitrogens is 2. The monoisotopic (exact) mass is 437 g/mol. The van der Waals surface area contributed by atoms with Crippen LogP contribution in [0.4, 0.5) is 5.82 Å². The molecule has 9 heteroatoms. The molecule has 2 amide bonds. The van der Waals surface area contributed by atoms with Crippen molar-refractivity contribution in [3.05, 3.63) is 11.2 Å². The molecule has 4 rings (SSSR count). The molecular weight excluding hydrogens is 410 g/mol. The van der Waals surface area contributed by atoms with Crippen LogP contribution in [0.15, 0.2) is 11.2 Å². The van der Waals surface area contributed by atoms with Crippen molar-refractivity contribution in [1.82, 2.24) is 20.2 Å². The smallest absolute Gasteiger partial charge is 0.230 e. The molecule has 1 N–H and O–H groups in total. The molecule has 1 aromatic heterocycles. The van der Waals surface area contributed by atoms with Crippen LogP contribution in [-0.4, -0.2) is 64.2 Å². The number of nitrogens with zero attached hydrogens (tertiary/aromatic N) is 4. The summed E-state index contributed by atoms with van der Waals surface area (Å²) < 4.78 is 0. The highest BCUT2D eigenvalue weighted by Gasteiger charge is 2.33. The fraction of sp³-hybridized carbons (Fsp3) is 0.700. The van der Waals surface area contributed by atoms with Crippen LogP contribution in [-0.2, 0) is 9.59 Å². The summed E-state index contributed by atoms with van der Waals surface area (Å²) in [6, 6.07) is 2.24. The average molecular weight is 438 g/mol. The molecule has 7 nitrogen and oxygen atoms in total. The Balaban J connectivity index is 1.36. The van der Waals surface area contributed by atoms with E-state index in [2.05, 4.69) is 27.1 Å². The Morgan fingerprint density at radius 2 is 1.97 bits per heavy atom. The van der Waals surface area contributed by atoms with Crippen molar-refractivity contribution >= 4 is 41.0 Å². The minimum Gasteiger partial charge on any atom is -0.353 e. The third-order valence-corrected chi connectivity index (χ3v) is 6.92. The summed E-state index contributed by atoms with van der Waals surface area (Å²) in [7, 11) is 0. The van der Waals surface area contributed by atoms with Crippen molar-refractivity contribution < 1.29 is 9.59 Å². The van der Waals surface area contributed by atoms with Gasteiger partial charge in [-0.25, -0.2) is 9.97 Å². The zero-order valence-electron chi connectivity index (χ0n) is 16.8. The zero-order valence-corrected chi connectivity index (χ0v) is 18.3. The van der Waals surface area contributed by atoms with E-state index in [0.29, 0.717) is 28.8 Å². The highest BCUT2D eigenvalue weighted by Crippen LogP contribution is 2.29. The summed E-state index contributed by atoms with van der Waals surface area (Å²) in [5.74, 6) is 1.58. The van der Waals surface area contributed by atoms with Crippen LogP contribution >= 0.6 is 23.4 Å². The molecule has 3 aliphatic rings. The lowest BCUT2D eigenvalue weighted by molar-refractivity contribution is -0.137. The first-order valence-corrected chi connectivity index (χ1v) is 11.9. The van der Waals surface area contributed by atoms with Gasteiger partial charge in [-0.2, -0.15) is 0 Å². The molecule has 0 bridgehead atoms. The lowest BCUT2D eigenvalue weighted by Gasteiger charge is -2.41. The van der Waals surface area contributed by atoms with Crippen LogP contribution in [0.25, 0.3) is 0 Å². The fourth-order valence-corrected chi connectivity index (χ4v) is 5.03. The number of amides is 2. The number of carbonyl (C=O) groups excluding carboxylic acids is 2. The van der Waals surface area contributed by atoms with Crippen molar-refractivity contribution in [3.63, 3.8) is 0 Å². The minimum absolute atomic E-state index is 0.00953. The van der Waals surface area contributed by atoms with Crippen molar-refractivity contribution in [2.45, 2.75) is 62.7 Å². The third-order valence-electron chi connectivity index (χ3n) is 5.87. The number of nitrogens with one attached hydrogen (secondary N) is 1. The Bertz CT molecular complexity index is 769. The number of hydrogen-bond donors (Lipinski definition) is 1. The van der Waals surface area contributed by atoms with Crippen LogP contribution in [0, 0.1) is 5.92 Å². The predicted octanol–water partition coefficient (Wildman–Crippen LogP) is 2.73. The van der Waals surface area contributed by atoms with Gasteiger partial charge in [0.2, 0.25) is 11.8 Å². The summed E-state index contributed by atoms with van der Waals surface area (Å²) in [5.41, 5.74) is 0. The first-order chi connectivity index (χ1) is 14.0. The maximum absolute atomic E-state index is 12.8. The molecule has 0 spiro atoms. The van der Waals surface area contributed by atoms with E-state index in [9.17, 15) is 9.59 Å². The van der Waals surface area contributed by atoms with Crippen LogP contribution in [0.1, 0.15) is 45.4 Å². The van der Waals surface area contributed by atoms with E-state index in [0.717, 1.165) is 44.6 Å². The van der Waals surface area contributed by atoms with Gasteiger partial charge in [0.15, 0.2) is 5.16 Å². The van der Waals surface area contributed by atoms with Gasteiger partial charge in [-0.1, -0.05) is 36.2 Å². The van der Waals surface area contributed by atoms with E-state index in [1.165, 1.54) is 24.6 Å². The molecule has 1 saturated heterocycles. The van der Waals surface area contributed by atoms with E-state index in [-0.39, 0.29) is 23.6 Å². The number of rotatable bonds is 6. The lowest BCUT2D eigenvalue weighted by Crippen LogP contribution is -2.55. The van der Waals surface area contributed by atoms with E-state index in [1.807, 2.05) is 4.90 Å². The SMILES string of the molecule is CC1CN(c2cc(Cl)nc(SCC(=O)NC3CC3)n2)CCN1C(=O)C1CCCC1. The molecule has 2 aliphatic carbocycles. The van der Waals surface area contributed by atoms with Gasteiger partial charge < -0.3 is 15.1 Å². The second kappa shape index (κ2) is 9.08. The number of thioether (sulfide) groups is 1. The number of carbonyl (C=O) groups is 2. The van der Waals surface area contributed by atoms with Crippen molar-refractivity contribution in [2.75, 3.05) is 30.3 Å². The fourth-order valence-electron chi connectivity index (χ4n) is 4.14. The van der Waals surface area contributed by atoms with Crippen LogP contribution in [0.2, 0.25) is 5.15 Å². The molecule has 2 saturated carbocycles. The second-order valence-corrected chi connectivity index (χ2v) is 9.60. The highest BCUT2D eigenvalue weighted by atomic mass is 35.5. The average Bonchev–Trinajstić information content (AvgIpc) is 3.33. The van der Waals surface area contributed by atoms with Gasteiger partial charge in [0.1, 0.15) is 11.0 Å². The van der Waals surface area contributed by atoms with E-state index in [4.69, 9.17) is 11.6 Å². The summed E-state index contributed by atoms with van der Waals surface area (Å²) in [4.78, 5) is 37.8. The number of hydrogen-bond acceptors (Lipinski definition) is 6. The summed E-state index contributed by atoms with van der Waals surface area (Å²) in [6.07, 6.45) is 6.54. The lowest BCUT2D eigenvalue weighted by atomic mass is 10.0. The Morgan fingerprint density at radius 1 is 1.21 bits per heavy atom. The number of halogens is 1. The van der Waals surface area contributed by atoms with Gasteiger partial charge in [-0.3, -0.25) is 9.59 Å². The second-order valence-electron chi connectivity index (χ2n) is 8.27. The van der Waals surface area contributed by atoms with Gasteiger partial charge in [-0.15, -0.1) is 0 Å². The molecular formula is C20H28ClN5O2S. The molecule has 2 heterocycles. The molecule has 1 atom stereocenters. The first-order valence-electron chi connectivity index (χ1n) is 10.5. The zero-order chi connectivity index (χ0) is 20.4. The standard InChI is InChI=1S/C20H28ClN5O2S/c1-13-11-25(8-9-26(13)19(28)14-4-2-3-5-14)17-10-16(21)23-20(24-17)29-12-18(27)22-15-6-7-15/h10,13-15H,2-9,11-12H2,1H3,(H,22,27). The molecule has 0 radical (unpaired) electrons. The van der Waals surface area contributed by atoms with Crippen molar-refractivity contribution in [1.29, 1.82) is 0 Å². The quantitative estimate of drug-likeness (QED) is 0.419. The maximum Gasteiger partial charge on any atom is 0.230 e.